The van der Waals surface area contributed by atoms with E-state index < -0.39 is 0 Å². The summed E-state index contributed by atoms with van der Waals surface area (Å²) in [4.78, 5) is 8.28. The highest BCUT2D eigenvalue weighted by molar-refractivity contribution is 7.80. The molecule has 3 heterocycles. The fraction of sp³-hybridized carbons (Fsp3) is 0.222. The number of nitrogens with zero attached hydrogens (tertiary/aromatic N) is 3. The van der Waals surface area contributed by atoms with E-state index in [4.69, 9.17) is 21.7 Å². The molecule has 5 rings (SSSR count). The number of rotatable bonds is 6. The van der Waals surface area contributed by atoms with Crippen LogP contribution >= 0.6 is 23.6 Å². The van der Waals surface area contributed by atoms with Gasteiger partial charge in [-0.1, -0.05) is 70.9 Å². The van der Waals surface area contributed by atoms with Crippen molar-refractivity contribution in [2.24, 2.45) is 0 Å². The van der Waals surface area contributed by atoms with Crippen molar-refractivity contribution in [3.05, 3.63) is 99.2 Å². The largest absolute Gasteiger partial charge is 0.351 e. The fourth-order valence-electron chi connectivity index (χ4n) is 4.17. The lowest BCUT2D eigenvalue weighted by atomic mass is 9.94. The van der Waals surface area contributed by atoms with Crippen LogP contribution in [0.1, 0.15) is 40.4 Å². The molecule has 1 N–H and O–H groups in total. The summed E-state index contributed by atoms with van der Waals surface area (Å²) in [6.45, 7) is 7.02. The van der Waals surface area contributed by atoms with Crippen LogP contribution in [0.3, 0.4) is 0 Å². The van der Waals surface area contributed by atoms with Crippen LogP contribution in [0.5, 0.6) is 0 Å². The molecule has 34 heavy (non-hydrogen) atoms. The van der Waals surface area contributed by atoms with Crippen molar-refractivity contribution in [3.8, 4) is 11.4 Å². The number of aryl methyl sites for hydroxylation is 2. The zero-order valence-corrected chi connectivity index (χ0v) is 21.0. The molecule has 2 aromatic carbocycles. The summed E-state index contributed by atoms with van der Waals surface area (Å²) in [5.41, 5.74) is 6.42. The van der Waals surface area contributed by atoms with E-state index >= 15 is 0 Å². The van der Waals surface area contributed by atoms with Gasteiger partial charge in [-0.3, -0.25) is 0 Å². The minimum absolute atomic E-state index is 0.169. The molecule has 0 fully saturated rings. The van der Waals surface area contributed by atoms with Gasteiger partial charge in [0.25, 0.3) is 5.89 Å². The van der Waals surface area contributed by atoms with Gasteiger partial charge in [-0.05, 0) is 56.4 Å². The highest BCUT2D eigenvalue weighted by Gasteiger charge is 2.34. The Hall–Kier alpha value is -3.29. The number of thiocarbonyl (C=S) groups is 1. The molecular formula is C27H26N4OS2. The van der Waals surface area contributed by atoms with E-state index in [9.17, 15) is 0 Å². The average Bonchev–Trinajstić information content (AvgIpc) is 3.52. The molecule has 7 heteroatoms. The summed E-state index contributed by atoms with van der Waals surface area (Å²) < 4.78 is 5.84. The Labute approximate surface area is 209 Å². The van der Waals surface area contributed by atoms with Gasteiger partial charge in [-0.25, -0.2) is 0 Å². The minimum Gasteiger partial charge on any atom is -0.351 e. The average molecular weight is 487 g/mol. The molecule has 1 unspecified atom stereocenters. The number of allylic oxidation sites excluding steroid dienone is 1. The monoisotopic (exact) mass is 486 g/mol. The van der Waals surface area contributed by atoms with Crippen LogP contribution in [-0.2, 0) is 6.42 Å². The highest BCUT2D eigenvalue weighted by atomic mass is 32.1. The van der Waals surface area contributed by atoms with Crippen molar-refractivity contribution in [3.63, 3.8) is 0 Å². The van der Waals surface area contributed by atoms with Gasteiger partial charge in [0, 0.05) is 22.7 Å². The third-order valence-electron chi connectivity index (χ3n) is 6.14. The Kier molecular flexibility index (Phi) is 6.30. The van der Waals surface area contributed by atoms with Crippen LogP contribution < -0.4 is 5.32 Å². The molecule has 1 aliphatic heterocycles. The topological polar surface area (TPSA) is 54.2 Å². The molecular weight excluding hydrogens is 460 g/mol. The predicted octanol–water partition coefficient (Wildman–Crippen LogP) is 6.32. The van der Waals surface area contributed by atoms with Gasteiger partial charge in [-0.15, -0.1) is 11.3 Å². The Morgan fingerprint density at radius 1 is 1.00 bits per heavy atom. The van der Waals surface area contributed by atoms with Gasteiger partial charge in [-0.2, -0.15) is 4.98 Å². The maximum absolute atomic E-state index is 5.84. The first-order valence-electron chi connectivity index (χ1n) is 11.3. The molecule has 0 amide bonds. The molecule has 1 aliphatic rings. The number of aromatic nitrogens is 2. The van der Waals surface area contributed by atoms with Crippen LogP contribution in [-0.4, -0.2) is 26.7 Å². The maximum Gasteiger partial charge on any atom is 0.258 e. The summed E-state index contributed by atoms with van der Waals surface area (Å²) in [6.07, 6.45) is 0.914. The molecule has 0 saturated carbocycles. The molecule has 172 valence electrons. The van der Waals surface area contributed by atoms with Crippen molar-refractivity contribution in [2.75, 3.05) is 6.54 Å². The summed E-state index contributed by atoms with van der Waals surface area (Å²) in [5.74, 6) is 1.09. The number of nitrogens with one attached hydrogen (secondary N) is 1. The van der Waals surface area contributed by atoms with Crippen molar-refractivity contribution < 1.29 is 4.52 Å². The first-order chi connectivity index (χ1) is 16.5. The Balaban J connectivity index is 1.55. The van der Waals surface area contributed by atoms with Crippen LogP contribution in [0, 0.1) is 13.8 Å². The molecule has 0 spiro atoms. The SMILES string of the molecule is CC1=C(c2nc(-c3ccc(C)cc3)no2)C(c2ccc(C)cc2)NC(=S)N1CCc1cccs1. The van der Waals surface area contributed by atoms with Crippen LogP contribution in [0.25, 0.3) is 17.0 Å². The van der Waals surface area contributed by atoms with Crippen LogP contribution in [0.4, 0.5) is 0 Å². The fourth-order valence-corrected chi connectivity index (χ4v) is 5.21. The summed E-state index contributed by atoms with van der Waals surface area (Å²) in [6, 6.07) is 20.7. The lowest BCUT2D eigenvalue weighted by molar-refractivity contribution is 0.397. The van der Waals surface area contributed by atoms with Gasteiger partial charge in [0.15, 0.2) is 5.11 Å². The smallest absolute Gasteiger partial charge is 0.258 e. The second-order valence-electron chi connectivity index (χ2n) is 8.56. The first-order valence-corrected chi connectivity index (χ1v) is 12.6. The van der Waals surface area contributed by atoms with E-state index in [0.717, 1.165) is 35.4 Å². The Morgan fingerprint density at radius 2 is 1.71 bits per heavy atom. The molecule has 5 nitrogen and oxygen atoms in total. The van der Waals surface area contributed by atoms with Crippen LogP contribution in [0.15, 0.2) is 76.3 Å². The maximum atomic E-state index is 5.84. The number of hydrogen-bond acceptors (Lipinski definition) is 5. The second-order valence-corrected chi connectivity index (χ2v) is 9.98. The third kappa shape index (κ3) is 4.54. The summed E-state index contributed by atoms with van der Waals surface area (Å²) >= 11 is 7.58. The van der Waals surface area contributed by atoms with Crippen molar-refractivity contribution in [1.82, 2.24) is 20.4 Å². The summed E-state index contributed by atoms with van der Waals surface area (Å²) in [5, 5.41) is 10.7. The molecule has 4 aromatic rings. The zero-order chi connectivity index (χ0) is 23.7. The Bertz CT molecular complexity index is 1320. The van der Waals surface area contributed by atoms with Crippen molar-refractivity contribution in [1.29, 1.82) is 0 Å². The van der Waals surface area contributed by atoms with Crippen molar-refractivity contribution >= 4 is 34.2 Å². The van der Waals surface area contributed by atoms with Crippen LogP contribution in [0.2, 0.25) is 0 Å². The first kappa shape index (κ1) is 22.5. The quantitative estimate of drug-likeness (QED) is 0.322. The molecule has 1 atom stereocenters. The van der Waals surface area contributed by atoms with Gasteiger partial charge < -0.3 is 14.7 Å². The zero-order valence-electron chi connectivity index (χ0n) is 19.4. The molecule has 0 bridgehead atoms. The minimum atomic E-state index is -0.169. The third-order valence-corrected chi connectivity index (χ3v) is 7.41. The normalized spacial score (nSPS) is 16.1. The van der Waals surface area contributed by atoms with Gasteiger partial charge in [0.1, 0.15) is 0 Å². The lowest BCUT2D eigenvalue weighted by Crippen LogP contribution is -2.46. The Morgan fingerprint density at radius 3 is 2.38 bits per heavy atom. The number of benzene rings is 2. The van der Waals surface area contributed by atoms with Gasteiger partial charge >= 0.3 is 0 Å². The van der Waals surface area contributed by atoms with E-state index in [-0.39, 0.29) is 6.04 Å². The molecule has 2 aromatic heterocycles. The van der Waals surface area contributed by atoms with Crippen molar-refractivity contribution in [2.45, 2.75) is 33.2 Å². The van der Waals surface area contributed by atoms with E-state index in [1.807, 2.05) is 12.1 Å². The lowest BCUT2D eigenvalue weighted by Gasteiger charge is -2.37. The molecule has 0 aliphatic carbocycles. The van der Waals surface area contributed by atoms with E-state index in [0.29, 0.717) is 16.8 Å². The second kappa shape index (κ2) is 9.52. The number of hydrogen-bond donors (Lipinski definition) is 1. The standard InChI is InChI=1S/C27H26N4OS2/c1-17-6-10-20(11-7-17)24-23(26-29-25(30-32-26)21-12-8-18(2)9-13-21)19(3)31(27(33)28-24)15-14-22-5-4-16-34-22/h4-13,16,24H,14-15H2,1-3H3,(H,28,33). The predicted molar refractivity (Wildman–Crippen MR) is 141 cm³/mol. The van der Waals surface area contributed by atoms with Gasteiger partial charge in [0.2, 0.25) is 5.82 Å². The molecule has 0 saturated heterocycles. The highest BCUT2D eigenvalue weighted by Crippen LogP contribution is 2.37. The number of thiophene rings is 1. The molecule has 0 radical (unpaired) electrons. The van der Waals surface area contributed by atoms with E-state index in [1.54, 1.807) is 11.3 Å². The van der Waals surface area contributed by atoms with E-state index in [1.165, 1.54) is 16.0 Å². The summed E-state index contributed by atoms with van der Waals surface area (Å²) in [7, 11) is 0. The van der Waals surface area contributed by atoms with Gasteiger partial charge in [0.05, 0.1) is 11.6 Å². The van der Waals surface area contributed by atoms with E-state index in [2.05, 4.69) is 90.1 Å².